The van der Waals surface area contributed by atoms with Crippen LogP contribution in [0.4, 0.5) is 0 Å². The minimum atomic E-state index is 0.0880. The summed E-state index contributed by atoms with van der Waals surface area (Å²) in [4.78, 5) is 0. The second-order valence-electron chi connectivity index (χ2n) is 2.18. The van der Waals surface area contributed by atoms with E-state index >= 15 is 0 Å². The van der Waals surface area contributed by atoms with Gasteiger partial charge in [0.1, 0.15) is 0 Å². The molecule has 0 saturated heterocycles. The van der Waals surface area contributed by atoms with Crippen LogP contribution in [0.1, 0.15) is 20.3 Å². The van der Waals surface area contributed by atoms with E-state index in [2.05, 4.69) is 29.2 Å². The molecule has 4 N–H and O–H groups in total. The molecular formula is C7H16N2O2S2. The standard InChI is InChI=1S/C5H11NOS.C2H5NOS/c1-3-4(2)7-5(6)8;1-4-2(3)5/h4H,3H2,1-2H3,(H2,6,8);1H3,(H2,3,5). The van der Waals surface area contributed by atoms with Crippen molar-refractivity contribution in [3.05, 3.63) is 0 Å². The molecule has 0 bridgehead atoms. The molecule has 0 aromatic rings. The number of methoxy groups -OCH3 is 1. The van der Waals surface area contributed by atoms with Crippen molar-refractivity contribution in [3.63, 3.8) is 0 Å². The monoisotopic (exact) mass is 224 g/mol. The summed E-state index contributed by atoms with van der Waals surface area (Å²) in [5.41, 5.74) is 9.88. The fraction of sp³-hybridized carbons (Fsp3) is 0.714. The van der Waals surface area contributed by atoms with Crippen LogP contribution in [0, 0.1) is 0 Å². The zero-order chi connectivity index (χ0) is 10.9. The third-order valence-corrected chi connectivity index (χ3v) is 1.36. The predicted molar refractivity (Wildman–Crippen MR) is 61.4 cm³/mol. The summed E-state index contributed by atoms with van der Waals surface area (Å²) >= 11 is 8.75. The molecule has 78 valence electrons. The van der Waals surface area contributed by atoms with Crippen molar-refractivity contribution in [2.24, 2.45) is 11.5 Å². The molecule has 4 nitrogen and oxygen atoms in total. The lowest BCUT2D eigenvalue weighted by Gasteiger charge is -2.08. The maximum atomic E-state index is 5.08. The van der Waals surface area contributed by atoms with Crippen molar-refractivity contribution >= 4 is 34.8 Å². The van der Waals surface area contributed by atoms with Crippen LogP contribution in [-0.2, 0) is 9.47 Å². The first-order chi connectivity index (χ1) is 5.93. The van der Waals surface area contributed by atoms with Gasteiger partial charge in [0.25, 0.3) is 10.3 Å². The second-order valence-corrected chi connectivity index (χ2v) is 2.98. The Labute approximate surface area is 89.6 Å². The van der Waals surface area contributed by atoms with Gasteiger partial charge in [-0.15, -0.1) is 0 Å². The molecule has 1 unspecified atom stereocenters. The van der Waals surface area contributed by atoms with Crippen molar-refractivity contribution in [2.45, 2.75) is 26.4 Å². The lowest BCUT2D eigenvalue weighted by Crippen LogP contribution is -2.19. The van der Waals surface area contributed by atoms with Crippen molar-refractivity contribution in [1.29, 1.82) is 0 Å². The highest BCUT2D eigenvalue weighted by Crippen LogP contribution is 1.93. The minimum absolute atomic E-state index is 0.0880. The first kappa shape index (κ1) is 14.9. The Morgan fingerprint density at radius 3 is 1.77 bits per heavy atom. The summed E-state index contributed by atoms with van der Waals surface area (Å²) in [6.07, 6.45) is 1.10. The zero-order valence-corrected chi connectivity index (χ0v) is 9.71. The van der Waals surface area contributed by atoms with Gasteiger partial charge < -0.3 is 20.9 Å². The number of rotatable bonds is 2. The molecule has 0 heterocycles. The van der Waals surface area contributed by atoms with E-state index in [1.165, 1.54) is 7.11 Å². The molecule has 0 aliphatic rings. The molecule has 0 radical (unpaired) electrons. The van der Waals surface area contributed by atoms with Gasteiger partial charge in [-0.25, -0.2) is 0 Å². The molecular weight excluding hydrogens is 208 g/mol. The maximum Gasteiger partial charge on any atom is 0.254 e. The first-order valence-electron chi connectivity index (χ1n) is 3.73. The van der Waals surface area contributed by atoms with Crippen LogP contribution >= 0.6 is 24.4 Å². The first-order valence-corrected chi connectivity index (χ1v) is 4.55. The average Bonchev–Trinajstić information content (AvgIpc) is 2.04. The molecule has 1 atom stereocenters. The van der Waals surface area contributed by atoms with Crippen LogP contribution < -0.4 is 11.5 Å². The van der Waals surface area contributed by atoms with Crippen LogP contribution in [0.2, 0.25) is 0 Å². The van der Waals surface area contributed by atoms with Gasteiger partial charge in [0.2, 0.25) is 0 Å². The van der Waals surface area contributed by atoms with E-state index in [1.807, 2.05) is 13.8 Å². The van der Waals surface area contributed by atoms with Gasteiger partial charge in [-0.3, -0.25) is 0 Å². The molecule has 0 spiro atoms. The predicted octanol–water partition coefficient (Wildman–Crippen LogP) is 0.922. The highest BCUT2D eigenvalue weighted by molar-refractivity contribution is 7.80. The highest BCUT2D eigenvalue weighted by atomic mass is 32.1. The van der Waals surface area contributed by atoms with Crippen LogP contribution in [0.15, 0.2) is 0 Å². The van der Waals surface area contributed by atoms with Gasteiger partial charge in [0.15, 0.2) is 0 Å². The van der Waals surface area contributed by atoms with Gasteiger partial charge >= 0.3 is 0 Å². The second kappa shape index (κ2) is 9.47. The molecule has 0 rings (SSSR count). The van der Waals surface area contributed by atoms with E-state index < -0.39 is 0 Å². The van der Waals surface area contributed by atoms with E-state index in [9.17, 15) is 0 Å². The Morgan fingerprint density at radius 1 is 1.31 bits per heavy atom. The van der Waals surface area contributed by atoms with E-state index in [0.29, 0.717) is 0 Å². The number of thiocarbonyl (C=S) groups is 2. The molecule has 6 heteroatoms. The molecule has 0 aliphatic heterocycles. The lowest BCUT2D eigenvalue weighted by molar-refractivity contribution is 0.207. The van der Waals surface area contributed by atoms with E-state index in [-0.39, 0.29) is 16.5 Å². The number of hydrogen-bond donors (Lipinski definition) is 2. The number of nitrogens with two attached hydrogens (primary N) is 2. The van der Waals surface area contributed by atoms with Gasteiger partial charge in [-0.05, 0) is 37.8 Å². The Kier molecular flexibility index (Phi) is 10.8. The molecule has 0 fully saturated rings. The van der Waals surface area contributed by atoms with Gasteiger partial charge in [-0.1, -0.05) is 6.92 Å². The fourth-order valence-electron chi connectivity index (χ4n) is 0.282. The summed E-state index contributed by atoms with van der Waals surface area (Å²) in [6, 6.07) is 0. The molecule has 0 aliphatic carbocycles. The van der Waals surface area contributed by atoms with Crippen molar-refractivity contribution in [3.8, 4) is 0 Å². The van der Waals surface area contributed by atoms with Crippen molar-refractivity contribution in [2.75, 3.05) is 7.11 Å². The Bertz CT molecular complexity index is 165. The third kappa shape index (κ3) is 18.4. The quantitative estimate of drug-likeness (QED) is 0.680. The van der Waals surface area contributed by atoms with E-state index in [0.717, 1.165) is 6.42 Å². The summed E-state index contributed by atoms with van der Waals surface area (Å²) in [7, 11) is 1.43. The number of ether oxygens (including phenoxy) is 2. The zero-order valence-electron chi connectivity index (χ0n) is 8.07. The van der Waals surface area contributed by atoms with E-state index in [4.69, 9.17) is 16.2 Å². The van der Waals surface area contributed by atoms with E-state index in [1.54, 1.807) is 0 Å². The van der Waals surface area contributed by atoms with Crippen LogP contribution in [0.5, 0.6) is 0 Å². The third-order valence-electron chi connectivity index (χ3n) is 1.09. The Hall–Kier alpha value is -0.620. The van der Waals surface area contributed by atoms with Gasteiger partial charge in [0, 0.05) is 0 Å². The van der Waals surface area contributed by atoms with Crippen LogP contribution in [0.25, 0.3) is 0 Å². The fourth-order valence-corrected chi connectivity index (χ4v) is 0.446. The summed E-state index contributed by atoms with van der Waals surface area (Å²) < 4.78 is 9.17. The minimum Gasteiger partial charge on any atom is -0.475 e. The summed E-state index contributed by atoms with van der Waals surface area (Å²) in [5.74, 6) is 0. The SMILES string of the molecule is CCC(C)OC(N)=S.COC(N)=S. The van der Waals surface area contributed by atoms with Gasteiger partial charge in [-0.2, -0.15) is 0 Å². The van der Waals surface area contributed by atoms with Crippen LogP contribution in [0.3, 0.4) is 0 Å². The average molecular weight is 224 g/mol. The van der Waals surface area contributed by atoms with Gasteiger partial charge in [0.05, 0.1) is 13.2 Å². The summed E-state index contributed by atoms with van der Waals surface area (Å²) in [5, 5.41) is 0.226. The Morgan fingerprint density at radius 2 is 1.69 bits per heavy atom. The van der Waals surface area contributed by atoms with Crippen LogP contribution in [-0.4, -0.2) is 23.6 Å². The Balaban J connectivity index is 0. The molecule has 0 aromatic carbocycles. The molecule has 0 amide bonds. The number of hydrogen-bond acceptors (Lipinski definition) is 4. The topological polar surface area (TPSA) is 70.5 Å². The smallest absolute Gasteiger partial charge is 0.254 e. The maximum absolute atomic E-state index is 5.08. The van der Waals surface area contributed by atoms with Crippen molar-refractivity contribution in [1.82, 2.24) is 0 Å². The lowest BCUT2D eigenvalue weighted by atomic mass is 10.3. The molecule has 13 heavy (non-hydrogen) atoms. The van der Waals surface area contributed by atoms with Crippen molar-refractivity contribution < 1.29 is 9.47 Å². The molecule has 0 saturated carbocycles. The largest absolute Gasteiger partial charge is 0.475 e. The normalized spacial score (nSPS) is 10.4. The summed E-state index contributed by atoms with van der Waals surface area (Å²) in [6.45, 7) is 3.95. The highest BCUT2D eigenvalue weighted by Gasteiger charge is 1.97. The molecule has 0 aromatic heterocycles.